The van der Waals surface area contributed by atoms with Crippen LogP contribution in [0, 0.1) is 11.3 Å². The van der Waals surface area contributed by atoms with Crippen LogP contribution in [0.4, 0.5) is 5.82 Å². The average molecular weight is 510 g/mol. The summed E-state index contributed by atoms with van der Waals surface area (Å²) in [5.74, 6) is -1.83. The minimum absolute atomic E-state index is 0.0643. The van der Waals surface area contributed by atoms with Crippen molar-refractivity contribution in [3.05, 3.63) is 16.5 Å². The van der Waals surface area contributed by atoms with Crippen LogP contribution in [0.2, 0.25) is 0 Å². The molecule has 0 saturated carbocycles. The first-order valence-corrected chi connectivity index (χ1v) is 10.2. The van der Waals surface area contributed by atoms with Crippen molar-refractivity contribution in [1.82, 2.24) is 14.5 Å². The van der Waals surface area contributed by atoms with Crippen molar-refractivity contribution in [2.75, 3.05) is 5.73 Å². The third-order valence-corrected chi connectivity index (χ3v) is 5.54. The number of nitrogens with two attached hydrogens (primary N) is 1. The number of carbonyl (C=O) groups is 3. The van der Waals surface area contributed by atoms with Crippen LogP contribution in [0.5, 0.6) is 0 Å². The van der Waals surface area contributed by atoms with Gasteiger partial charge in [-0.15, -0.1) is 0 Å². The molecular formula is C19H20BrN5O7. The molecule has 5 atom stereocenters. The number of anilines is 1. The molecule has 2 N–H and O–H groups in total. The molecule has 0 aromatic carbocycles. The molecule has 1 fully saturated rings. The lowest BCUT2D eigenvalue weighted by Crippen LogP contribution is -2.43. The zero-order valence-corrected chi connectivity index (χ0v) is 19.2. The maximum Gasteiger partial charge on any atom is 0.303 e. The van der Waals surface area contributed by atoms with E-state index in [9.17, 15) is 19.6 Å². The first kappa shape index (κ1) is 23.4. The van der Waals surface area contributed by atoms with Crippen LogP contribution in [-0.4, -0.2) is 56.9 Å². The van der Waals surface area contributed by atoms with Gasteiger partial charge in [-0.25, -0.2) is 9.97 Å². The second-order valence-electron chi connectivity index (χ2n) is 7.06. The lowest BCUT2D eigenvalue weighted by molar-refractivity contribution is -0.169. The fraction of sp³-hybridized carbons (Fsp3) is 0.474. The third kappa shape index (κ3) is 4.23. The topological polar surface area (TPSA) is 169 Å². The smallest absolute Gasteiger partial charge is 0.303 e. The third-order valence-electron chi connectivity index (χ3n) is 4.76. The molecule has 2 aromatic heterocycles. The van der Waals surface area contributed by atoms with Gasteiger partial charge in [0.05, 0.1) is 10.9 Å². The Balaban J connectivity index is 2.20. The van der Waals surface area contributed by atoms with Gasteiger partial charge >= 0.3 is 17.9 Å². The largest absolute Gasteiger partial charge is 0.460 e. The zero-order chi connectivity index (χ0) is 23.7. The Kier molecular flexibility index (Phi) is 6.65. The number of esters is 3. The molecule has 170 valence electrons. The summed E-state index contributed by atoms with van der Waals surface area (Å²) in [6.45, 7) is 5.16. The summed E-state index contributed by atoms with van der Waals surface area (Å²) in [6, 6.07) is 2.04. The van der Waals surface area contributed by atoms with Crippen molar-refractivity contribution in [1.29, 1.82) is 5.26 Å². The van der Waals surface area contributed by atoms with Gasteiger partial charge in [-0.3, -0.25) is 19.0 Å². The molecule has 2 aromatic rings. The number of halogens is 1. The van der Waals surface area contributed by atoms with Gasteiger partial charge in [0.1, 0.15) is 40.7 Å². The highest BCUT2D eigenvalue weighted by molar-refractivity contribution is 9.10. The van der Waals surface area contributed by atoms with E-state index in [2.05, 4.69) is 25.9 Å². The average Bonchev–Trinajstić information content (AvgIpc) is 3.15. The fourth-order valence-corrected chi connectivity index (χ4v) is 4.34. The lowest BCUT2D eigenvalue weighted by atomic mass is 10.1. The molecule has 1 saturated heterocycles. The summed E-state index contributed by atoms with van der Waals surface area (Å²) < 4.78 is 23.9. The number of nitriles is 1. The van der Waals surface area contributed by atoms with Crippen LogP contribution in [0.1, 0.15) is 39.5 Å². The van der Waals surface area contributed by atoms with Gasteiger partial charge in [0, 0.05) is 20.8 Å². The van der Waals surface area contributed by atoms with Crippen LogP contribution in [-0.2, 0) is 33.3 Å². The molecule has 13 heteroatoms. The molecule has 3 rings (SSSR count). The number of hydrogen-bond acceptors (Lipinski definition) is 11. The highest BCUT2D eigenvalue weighted by atomic mass is 79.9. The molecule has 0 amide bonds. The summed E-state index contributed by atoms with van der Waals surface area (Å²) >= 11 is 3.36. The Morgan fingerprint density at radius 3 is 2.38 bits per heavy atom. The molecular weight excluding hydrogens is 490 g/mol. The van der Waals surface area contributed by atoms with Crippen LogP contribution in [0.25, 0.3) is 11.0 Å². The number of carbonyl (C=O) groups excluding carboxylic acids is 3. The number of fused-ring (bicyclic) bond motifs is 1. The predicted molar refractivity (Wildman–Crippen MR) is 111 cm³/mol. The summed E-state index contributed by atoms with van der Waals surface area (Å²) in [6.07, 6.45) is -4.04. The van der Waals surface area contributed by atoms with E-state index in [1.165, 1.54) is 31.7 Å². The van der Waals surface area contributed by atoms with E-state index in [0.717, 1.165) is 0 Å². The monoisotopic (exact) mass is 509 g/mol. The molecule has 0 radical (unpaired) electrons. The van der Waals surface area contributed by atoms with Crippen LogP contribution in [0.3, 0.4) is 0 Å². The standard InChI is InChI=1S/C19H20BrN5O7/c1-7(29-8(2)26)13-14(30-9(3)27)15(31-10(4)28)19(32-13)25-16(20)11(5-21)12-17(22)23-6-24-18(12)25/h6-7,13-15,19H,1-4H3,(H2,22,23,24)/t7-,13-,14-,15-,19-/m1/s1. The van der Waals surface area contributed by atoms with Gasteiger partial charge in [-0.1, -0.05) is 0 Å². The van der Waals surface area contributed by atoms with Gasteiger partial charge in [-0.05, 0) is 22.9 Å². The molecule has 3 heterocycles. The van der Waals surface area contributed by atoms with Crippen LogP contribution in [0.15, 0.2) is 10.9 Å². The zero-order valence-electron chi connectivity index (χ0n) is 17.6. The Labute approximate surface area is 190 Å². The fourth-order valence-electron chi connectivity index (χ4n) is 3.68. The molecule has 0 unspecified atom stereocenters. The molecule has 1 aliphatic rings. The number of rotatable bonds is 5. The van der Waals surface area contributed by atoms with Crippen LogP contribution < -0.4 is 5.73 Å². The van der Waals surface area contributed by atoms with Crippen molar-refractivity contribution in [2.45, 2.75) is 58.3 Å². The molecule has 12 nitrogen and oxygen atoms in total. The van der Waals surface area contributed by atoms with Crippen molar-refractivity contribution < 1.29 is 33.3 Å². The molecule has 32 heavy (non-hydrogen) atoms. The number of ether oxygens (including phenoxy) is 4. The molecule has 0 spiro atoms. The van der Waals surface area contributed by atoms with Crippen molar-refractivity contribution in [3.63, 3.8) is 0 Å². The Bertz CT molecular complexity index is 1130. The van der Waals surface area contributed by atoms with Gasteiger partial charge in [-0.2, -0.15) is 5.26 Å². The second-order valence-corrected chi connectivity index (χ2v) is 7.81. The van der Waals surface area contributed by atoms with Gasteiger partial charge in [0.2, 0.25) is 0 Å². The van der Waals surface area contributed by atoms with E-state index in [4.69, 9.17) is 24.7 Å². The van der Waals surface area contributed by atoms with Crippen molar-refractivity contribution >= 4 is 50.7 Å². The van der Waals surface area contributed by atoms with E-state index in [1.807, 2.05) is 6.07 Å². The Hall–Kier alpha value is -3.24. The van der Waals surface area contributed by atoms with Gasteiger partial charge in [0.15, 0.2) is 18.4 Å². The summed E-state index contributed by atoms with van der Waals surface area (Å²) in [5, 5.41) is 9.93. The van der Waals surface area contributed by atoms with E-state index in [1.54, 1.807) is 6.92 Å². The Morgan fingerprint density at radius 2 is 1.81 bits per heavy atom. The highest BCUT2D eigenvalue weighted by Crippen LogP contribution is 2.42. The Morgan fingerprint density at radius 1 is 1.19 bits per heavy atom. The number of nitrogens with zero attached hydrogens (tertiary/aromatic N) is 4. The minimum Gasteiger partial charge on any atom is -0.460 e. The predicted octanol–water partition coefficient (Wildman–Crippen LogP) is 1.36. The SMILES string of the molecule is CC(=O)O[C@H]1[C@@H](OC(C)=O)[C@H](n2c(Br)c(C#N)c3c(N)ncnc32)O[C@@H]1[C@@H](C)OC(C)=O. The number of nitrogen functional groups attached to an aromatic ring is 1. The maximum absolute atomic E-state index is 11.9. The molecule has 1 aliphatic heterocycles. The maximum atomic E-state index is 11.9. The highest BCUT2D eigenvalue weighted by Gasteiger charge is 2.53. The summed E-state index contributed by atoms with van der Waals surface area (Å²) in [4.78, 5) is 43.4. The summed E-state index contributed by atoms with van der Waals surface area (Å²) in [5.41, 5.74) is 6.33. The first-order chi connectivity index (χ1) is 15.1. The lowest BCUT2D eigenvalue weighted by Gasteiger charge is -2.26. The molecule has 0 bridgehead atoms. The number of hydrogen-bond donors (Lipinski definition) is 1. The first-order valence-electron chi connectivity index (χ1n) is 9.43. The molecule has 0 aliphatic carbocycles. The van der Waals surface area contributed by atoms with E-state index in [0.29, 0.717) is 0 Å². The van der Waals surface area contributed by atoms with Gasteiger partial charge < -0.3 is 24.7 Å². The van der Waals surface area contributed by atoms with Crippen LogP contribution >= 0.6 is 15.9 Å². The van der Waals surface area contributed by atoms with Crippen molar-refractivity contribution in [2.24, 2.45) is 0 Å². The second kappa shape index (κ2) is 9.09. The van der Waals surface area contributed by atoms with E-state index < -0.39 is 48.6 Å². The van der Waals surface area contributed by atoms with Gasteiger partial charge in [0.25, 0.3) is 0 Å². The minimum atomic E-state index is -1.16. The summed E-state index contributed by atoms with van der Waals surface area (Å²) in [7, 11) is 0. The normalized spacial score (nSPS) is 23.4. The quantitative estimate of drug-likeness (QED) is 0.455. The number of aromatic nitrogens is 3. The van der Waals surface area contributed by atoms with Crippen molar-refractivity contribution in [3.8, 4) is 6.07 Å². The van der Waals surface area contributed by atoms with E-state index in [-0.39, 0.29) is 27.0 Å². The van der Waals surface area contributed by atoms with E-state index >= 15 is 0 Å².